The minimum absolute atomic E-state index is 0.222. The molecule has 1 aromatic heterocycles. The van der Waals surface area contributed by atoms with Crippen molar-refractivity contribution >= 4 is 11.6 Å². The zero-order valence-electron chi connectivity index (χ0n) is 7.55. The van der Waals surface area contributed by atoms with Crippen LogP contribution in [0.4, 0.5) is 0 Å². The number of alkyl halides is 1. The molecule has 0 bridgehead atoms. The zero-order valence-corrected chi connectivity index (χ0v) is 8.30. The second-order valence-corrected chi connectivity index (χ2v) is 3.65. The van der Waals surface area contributed by atoms with Crippen molar-refractivity contribution in [3.63, 3.8) is 0 Å². The van der Waals surface area contributed by atoms with Crippen LogP contribution in [0.15, 0.2) is 18.3 Å². The molecule has 0 aromatic carbocycles. The maximum Gasteiger partial charge on any atom is 0.0418 e. The lowest BCUT2D eigenvalue weighted by Gasteiger charge is -2.04. The third kappa shape index (κ3) is 2.82. The maximum absolute atomic E-state index is 6.00. The van der Waals surface area contributed by atoms with E-state index >= 15 is 0 Å². The summed E-state index contributed by atoms with van der Waals surface area (Å²) in [5.74, 6) is 0. The van der Waals surface area contributed by atoms with Gasteiger partial charge in [0.1, 0.15) is 0 Å². The molecule has 1 aromatic rings. The second-order valence-electron chi connectivity index (χ2n) is 3.04. The topological polar surface area (TPSA) is 12.9 Å². The van der Waals surface area contributed by atoms with Gasteiger partial charge in [-0.15, -0.1) is 11.6 Å². The fourth-order valence-corrected chi connectivity index (χ4v) is 1.15. The summed E-state index contributed by atoms with van der Waals surface area (Å²) in [4.78, 5) is 4.28. The van der Waals surface area contributed by atoms with E-state index in [-0.39, 0.29) is 5.38 Å². The minimum atomic E-state index is 0.222. The molecule has 1 unspecified atom stereocenters. The first kappa shape index (κ1) is 9.53. The van der Waals surface area contributed by atoms with Gasteiger partial charge in [-0.25, -0.2) is 0 Å². The standard InChI is InChI=1S/C10H14ClN/c1-3-9(11)6-10-5-4-8(2)7-12-10/h4-5,7,9H,3,6H2,1-2H3. The number of hydrogen-bond donors (Lipinski definition) is 0. The molecule has 1 atom stereocenters. The molecule has 0 saturated heterocycles. The van der Waals surface area contributed by atoms with Crippen LogP contribution in [0.1, 0.15) is 24.6 Å². The van der Waals surface area contributed by atoms with Gasteiger partial charge in [-0.05, 0) is 25.0 Å². The highest BCUT2D eigenvalue weighted by atomic mass is 35.5. The van der Waals surface area contributed by atoms with E-state index < -0.39 is 0 Å². The highest BCUT2D eigenvalue weighted by Gasteiger charge is 2.02. The lowest BCUT2D eigenvalue weighted by Crippen LogP contribution is -2.02. The van der Waals surface area contributed by atoms with Crippen LogP contribution >= 0.6 is 11.6 Å². The van der Waals surface area contributed by atoms with E-state index in [1.807, 2.05) is 19.2 Å². The third-order valence-electron chi connectivity index (χ3n) is 1.85. The minimum Gasteiger partial charge on any atom is -0.261 e. The van der Waals surface area contributed by atoms with Crippen LogP contribution in [0.2, 0.25) is 0 Å². The molecule has 0 aliphatic heterocycles. The van der Waals surface area contributed by atoms with Crippen LogP contribution in [0.5, 0.6) is 0 Å². The Morgan fingerprint density at radius 2 is 2.25 bits per heavy atom. The summed E-state index contributed by atoms with van der Waals surface area (Å²) in [5.41, 5.74) is 2.28. The number of pyridine rings is 1. The Balaban J connectivity index is 2.58. The van der Waals surface area contributed by atoms with Crippen molar-refractivity contribution < 1.29 is 0 Å². The van der Waals surface area contributed by atoms with Crippen molar-refractivity contribution in [2.75, 3.05) is 0 Å². The zero-order chi connectivity index (χ0) is 8.97. The largest absolute Gasteiger partial charge is 0.261 e. The number of halogens is 1. The van der Waals surface area contributed by atoms with Crippen molar-refractivity contribution in [3.8, 4) is 0 Å². The van der Waals surface area contributed by atoms with E-state index in [1.54, 1.807) is 0 Å². The third-order valence-corrected chi connectivity index (χ3v) is 2.31. The molecule has 0 aliphatic carbocycles. The Morgan fingerprint density at radius 1 is 1.50 bits per heavy atom. The Hall–Kier alpha value is -0.560. The lowest BCUT2D eigenvalue weighted by atomic mass is 10.1. The molecular formula is C10H14ClN. The maximum atomic E-state index is 6.00. The summed E-state index contributed by atoms with van der Waals surface area (Å²) >= 11 is 6.00. The average Bonchev–Trinajstić information content (AvgIpc) is 2.09. The summed E-state index contributed by atoms with van der Waals surface area (Å²) in [6.45, 7) is 4.13. The normalized spacial score (nSPS) is 12.9. The molecule has 1 nitrogen and oxygen atoms in total. The molecule has 0 fully saturated rings. The predicted molar refractivity (Wildman–Crippen MR) is 52.6 cm³/mol. The fraction of sp³-hybridized carbons (Fsp3) is 0.500. The molecule has 2 heteroatoms. The van der Waals surface area contributed by atoms with Gasteiger partial charge >= 0.3 is 0 Å². The second kappa shape index (κ2) is 4.46. The molecule has 0 spiro atoms. The summed E-state index contributed by atoms with van der Waals surface area (Å²) in [6, 6.07) is 4.11. The van der Waals surface area contributed by atoms with E-state index in [2.05, 4.69) is 18.0 Å². The molecule has 66 valence electrons. The smallest absolute Gasteiger partial charge is 0.0418 e. The van der Waals surface area contributed by atoms with E-state index in [1.165, 1.54) is 5.56 Å². The molecule has 0 radical (unpaired) electrons. The van der Waals surface area contributed by atoms with Gasteiger partial charge in [-0.2, -0.15) is 0 Å². The first-order valence-electron chi connectivity index (χ1n) is 4.28. The molecule has 1 rings (SSSR count). The fourth-order valence-electron chi connectivity index (χ4n) is 0.990. The number of hydrogen-bond acceptors (Lipinski definition) is 1. The van der Waals surface area contributed by atoms with Crippen molar-refractivity contribution in [1.82, 2.24) is 4.98 Å². The number of aromatic nitrogens is 1. The van der Waals surface area contributed by atoms with E-state index in [4.69, 9.17) is 11.6 Å². The van der Waals surface area contributed by atoms with Crippen LogP contribution < -0.4 is 0 Å². The molecule has 0 amide bonds. The van der Waals surface area contributed by atoms with Crippen LogP contribution in [-0.2, 0) is 6.42 Å². The van der Waals surface area contributed by atoms with Crippen molar-refractivity contribution in [2.45, 2.75) is 32.1 Å². The van der Waals surface area contributed by atoms with Gasteiger partial charge in [0.25, 0.3) is 0 Å². The van der Waals surface area contributed by atoms with Crippen LogP contribution in [0, 0.1) is 6.92 Å². The van der Waals surface area contributed by atoms with Crippen molar-refractivity contribution in [3.05, 3.63) is 29.6 Å². The molecule has 12 heavy (non-hydrogen) atoms. The molecular weight excluding hydrogens is 170 g/mol. The van der Waals surface area contributed by atoms with Gasteiger partial charge in [-0.3, -0.25) is 4.98 Å². The lowest BCUT2D eigenvalue weighted by molar-refractivity contribution is 0.786. The van der Waals surface area contributed by atoms with Crippen molar-refractivity contribution in [1.29, 1.82) is 0 Å². The van der Waals surface area contributed by atoms with Gasteiger partial charge < -0.3 is 0 Å². The van der Waals surface area contributed by atoms with Crippen LogP contribution in [0.3, 0.4) is 0 Å². The van der Waals surface area contributed by atoms with E-state index in [0.717, 1.165) is 18.5 Å². The predicted octanol–water partition coefficient (Wildman–Crippen LogP) is 2.95. The van der Waals surface area contributed by atoms with Gasteiger partial charge in [0, 0.05) is 23.7 Å². The Morgan fingerprint density at radius 3 is 2.75 bits per heavy atom. The molecule has 0 aliphatic rings. The number of aryl methyl sites for hydroxylation is 1. The van der Waals surface area contributed by atoms with E-state index in [0.29, 0.717) is 0 Å². The number of rotatable bonds is 3. The molecule has 0 saturated carbocycles. The van der Waals surface area contributed by atoms with Gasteiger partial charge in [0.15, 0.2) is 0 Å². The first-order chi connectivity index (χ1) is 5.72. The summed E-state index contributed by atoms with van der Waals surface area (Å²) in [7, 11) is 0. The average molecular weight is 184 g/mol. The Kier molecular flexibility index (Phi) is 3.54. The first-order valence-corrected chi connectivity index (χ1v) is 4.71. The Bertz CT molecular complexity index is 230. The van der Waals surface area contributed by atoms with Gasteiger partial charge in [-0.1, -0.05) is 13.0 Å². The van der Waals surface area contributed by atoms with Crippen LogP contribution in [-0.4, -0.2) is 10.4 Å². The van der Waals surface area contributed by atoms with Gasteiger partial charge in [0.2, 0.25) is 0 Å². The van der Waals surface area contributed by atoms with Gasteiger partial charge in [0.05, 0.1) is 0 Å². The van der Waals surface area contributed by atoms with Crippen LogP contribution in [0.25, 0.3) is 0 Å². The Labute approximate surface area is 78.8 Å². The molecule has 1 heterocycles. The SMILES string of the molecule is CCC(Cl)Cc1ccc(C)cn1. The summed E-state index contributed by atoms with van der Waals surface area (Å²) < 4.78 is 0. The highest BCUT2D eigenvalue weighted by Crippen LogP contribution is 2.09. The summed E-state index contributed by atoms with van der Waals surface area (Å²) in [6.07, 6.45) is 3.75. The quantitative estimate of drug-likeness (QED) is 0.657. The molecule has 0 N–H and O–H groups in total. The van der Waals surface area contributed by atoms with E-state index in [9.17, 15) is 0 Å². The number of nitrogens with zero attached hydrogens (tertiary/aromatic N) is 1. The summed E-state index contributed by atoms with van der Waals surface area (Å²) in [5, 5.41) is 0.222. The highest BCUT2D eigenvalue weighted by molar-refractivity contribution is 6.20. The van der Waals surface area contributed by atoms with Crippen molar-refractivity contribution in [2.24, 2.45) is 0 Å². The monoisotopic (exact) mass is 183 g/mol.